The van der Waals surface area contributed by atoms with Crippen LogP contribution in [0, 0.1) is 0 Å². The van der Waals surface area contributed by atoms with Gasteiger partial charge in [0.05, 0.1) is 11.6 Å². The van der Waals surface area contributed by atoms with Crippen LogP contribution < -0.4 is 0 Å². The van der Waals surface area contributed by atoms with Crippen molar-refractivity contribution in [1.82, 2.24) is 4.98 Å². The van der Waals surface area contributed by atoms with E-state index >= 15 is 0 Å². The number of rotatable bonds is 3. The summed E-state index contributed by atoms with van der Waals surface area (Å²) in [5, 5.41) is 0. The lowest BCUT2D eigenvalue weighted by atomic mass is 9.85. The second kappa shape index (κ2) is 4.47. The minimum Gasteiger partial charge on any atom is -0.370 e. The summed E-state index contributed by atoms with van der Waals surface area (Å²) in [7, 11) is 1.68. The van der Waals surface area contributed by atoms with Gasteiger partial charge in [0.15, 0.2) is 5.78 Å². The van der Waals surface area contributed by atoms with Gasteiger partial charge in [-0.15, -0.1) is 0 Å². The molecule has 1 saturated carbocycles. The molecule has 3 rings (SSSR count). The monoisotopic (exact) mass is 245 g/mol. The van der Waals surface area contributed by atoms with Crippen LogP contribution in [0.4, 0.5) is 0 Å². The van der Waals surface area contributed by atoms with Gasteiger partial charge in [0.25, 0.3) is 0 Å². The predicted molar refractivity (Wildman–Crippen MR) is 68.5 cm³/mol. The molecule has 2 aliphatic rings. The second-order valence-electron chi connectivity index (χ2n) is 5.41. The molecule has 3 nitrogen and oxygen atoms in total. The first-order chi connectivity index (χ1) is 8.77. The molecule has 1 atom stereocenters. The number of hydrogen-bond donors (Lipinski definition) is 0. The van der Waals surface area contributed by atoms with Crippen molar-refractivity contribution >= 4 is 5.78 Å². The van der Waals surface area contributed by atoms with Crippen LogP contribution in [0.25, 0.3) is 0 Å². The lowest BCUT2D eigenvalue weighted by Gasteiger charge is -2.28. The molecule has 0 bridgehead atoms. The van der Waals surface area contributed by atoms with Gasteiger partial charge in [-0.05, 0) is 50.2 Å². The number of carbonyl (C=O) groups excluding carboxylic acids is 1. The molecular formula is C15H19NO2. The standard InChI is InChI=1S/C15H19NO2/c1-18-15(8-2-3-9-15)14(17)12-7-6-11-5-4-10-16-13(11)12/h4-5,10,12H,2-3,6-9H2,1H3. The number of ketones is 1. The van der Waals surface area contributed by atoms with E-state index in [-0.39, 0.29) is 11.7 Å². The summed E-state index contributed by atoms with van der Waals surface area (Å²) in [5.74, 6) is 0.221. The van der Waals surface area contributed by atoms with Crippen molar-refractivity contribution in [2.75, 3.05) is 7.11 Å². The summed E-state index contributed by atoms with van der Waals surface area (Å²) >= 11 is 0. The van der Waals surface area contributed by atoms with Crippen molar-refractivity contribution in [2.45, 2.75) is 50.0 Å². The van der Waals surface area contributed by atoms with Crippen molar-refractivity contribution in [2.24, 2.45) is 0 Å². The molecule has 0 N–H and O–H groups in total. The summed E-state index contributed by atoms with van der Waals surface area (Å²) in [6.07, 6.45) is 7.61. The van der Waals surface area contributed by atoms with E-state index in [0.717, 1.165) is 44.2 Å². The summed E-state index contributed by atoms with van der Waals surface area (Å²) in [6, 6.07) is 4.04. The molecule has 0 spiro atoms. The Morgan fingerprint density at radius 3 is 2.94 bits per heavy atom. The molecular weight excluding hydrogens is 226 g/mol. The van der Waals surface area contributed by atoms with E-state index in [9.17, 15) is 4.79 Å². The van der Waals surface area contributed by atoms with Gasteiger partial charge in [-0.2, -0.15) is 0 Å². The number of aryl methyl sites for hydroxylation is 1. The third kappa shape index (κ3) is 1.69. The number of nitrogens with zero attached hydrogens (tertiary/aromatic N) is 1. The SMILES string of the molecule is COC1(C(=O)C2CCc3cccnc32)CCCC1. The molecule has 0 saturated heterocycles. The predicted octanol–water partition coefficient (Wildman–Crippen LogP) is 2.64. The Labute approximate surface area is 108 Å². The molecule has 96 valence electrons. The van der Waals surface area contributed by atoms with Crippen LogP contribution >= 0.6 is 0 Å². The van der Waals surface area contributed by atoms with Crippen molar-refractivity contribution in [1.29, 1.82) is 0 Å². The van der Waals surface area contributed by atoms with Gasteiger partial charge in [0.2, 0.25) is 0 Å². The average molecular weight is 245 g/mol. The average Bonchev–Trinajstić information content (AvgIpc) is 3.05. The fourth-order valence-electron chi connectivity index (χ4n) is 3.48. The Balaban J connectivity index is 1.90. The number of fused-ring (bicyclic) bond motifs is 1. The number of pyridine rings is 1. The lowest BCUT2D eigenvalue weighted by molar-refractivity contribution is -0.142. The molecule has 18 heavy (non-hydrogen) atoms. The molecule has 1 fully saturated rings. The molecule has 1 aromatic rings. The number of ether oxygens (including phenoxy) is 1. The molecule has 3 heteroatoms. The minimum absolute atomic E-state index is 0.0424. The Bertz CT molecular complexity index is 463. The molecule has 0 amide bonds. The van der Waals surface area contributed by atoms with E-state index in [0.29, 0.717) is 0 Å². The maximum Gasteiger partial charge on any atom is 0.173 e. The van der Waals surface area contributed by atoms with Crippen molar-refractivity contribution < 1.29 is 9.53 Å². The van der Waals surface area contributed by atoms with E-state index in [1.54, 1.807) is 13.3 Å². The molecule has 2 aliphatic carbocycles. The first-order valence-corrected chi connectivity index (χ1v) is 6.80. The lowest BCUT2D eigenvalue weighted by Crippen LogP contribution is -2.40. The van der Waals surface area contributed by atoms with Gasteiger partial charge in [-0.3, -0.25) is 9.78 Å². The van der Waals surface area contributed by atoms with Crippen LogP contribution in [-0.4, -0.2) is 23.5 Å². The zero-order valence-corrected chi connectivity index (χ0v) is 10.8. The van der Waals surface area contributed by atoms with Crippen LogP contribution in [0.1, 0.15) is 49.3 Å². The molecule has 1 unspecified atom stereocenters. The quantitative estimate of drug-likeness (QED) is 0.821. The van der Waals surface area contributed by atoms with Gasteiger partial charge in [0.1, 0.15) is 5.60 Å². The molecule has 0 aliphatic heterocycles. The van der Waals surface area contributed by atoms with Crippen LogP contribution in [0.5, 0.6) is 0 Å². The Morgan fingerprint density at radius 1 is 1.44 bits per heavy atom. The topological polar surface area (TPSA) is 39.2 Å². The highest BCUT2D eigenvalue weighted by molar-refractivity contribution is 5.94. The van der Waals surface area contributed by atoms with Crippen molar-refractivity contribution in [3.05, 3.63) is 29.6 Å². The minimum atomic E-state index is -0.524. The second-order valence-corrected chi connectivity index (χ2v) is 5.41. The van der Waals surface area contributed by atoms with Gasteiger partial charge in [-0.1, -0.05) is 6.07 Å². The fraction of sp³-hybridized carbons (Fsp3) is 0.600. The zero-order chi connectivity index (χ0) is 12.6. The van der Waals surface area contributed by atoms with E-state index in [1.807, 2.05) is 6.07 Å². The van der Waals surface area contributed by atoms with E-state index in [1.165, 1.54) is 5.56 Å². The fourth-order valence-corrected chi connectivity index (χ4v) is 3.48. The van der Waals surface area contributed by atoms with Crippen molar-refractivity contribution in [3.63, 3.8) is 0 Å². The highest BCUT2D eigenvalue weighted by Crippen LogP contribution is 2.41. The Hall–Kier alpha value is -1.22. The summed E-state index contributed by atoms with van der Waals surface area (Å²) in [4.78, 5) is 17.2. The zero-order valence-electron chi connectivity index (χ0n) is 10.8. The highest BCUT2D eigenvalue weighted by Gasteiger charge is 2.46. The third-order valence-electron chi connectivity index (χ3n) is 4.53. The van der Waals surface area contributed by atoms with Crippen molar-refractivity contribution in [3.8, 4) is 0 Å². The normalized spacial score (nSPS) is 25.1. The number of carbonyl (C=O) groups is 1. The summed E-state index contributed by atoms with van der Waals surface area (Å²) < 4.78 is 5.61. The maximum absolute atomic E-state index is 12.8. The van der Waals surface area contributed by atoms with Crippen LogP contribution in [0.3, 0.4) is 0 Å². The van der Waals surface area contributed by atoms with Gasteiger partial charge >= 0.3 is 0 Å². The maximum atomic E-state index is 12.8. The van der Waals surface area contributed by atoms with Crippen LogP contribution in [-0.2, 0) is 16.0 Å². The highest BCUT2D eigenvalue weighted by atomic mass is 16.5. The Kier molecular flexibility index (Phi) is 2.94. The number of aromatic nitrogens is 1. The third-order valence-corrected chi connectivity index (χ3v) is 4.53. The van der Waals surface area contributed by atoms with E-state index < -0.39 is 5.60 Å². The summed E-state index contributed by atoms with van der Waals surface area (Å²) in [5.41, 5.74) is 1.70. The van der Waals surface area contributed by atoms with Crippen LogP contribution in [0.2, 0.25) is 0 Å². The van der Waals surface area contributed by atoms with Gasteiger partial charge in [0, 0.05) is 13.3 Å². The summed E-state index contributed by atoms with van der Waals surface area (Å²) in [6.45, 7) is 0. The van der Waals surface area contributed by atoms with Gasteiger partial charge < -0.3 is 4.74 Å². The largest absolute Gasteiger partial charge is 0.370 e. The smallest absolute Gasteiger partial charge is 0.173 e. The van der Waals surface area contributed by atoms with Crippen LogP contribution in [0.15, 0.2) is 18.3 Å². The first-order valence-electron chi connectivity index (χ1n) is 6.80. The Morgan fingerprint density at radius 2 is 2.22 bits per heavy atom. The molecule has 1 aromatic heterocycles. The number of methoxy groups -OCH3 is 1. The molecule has 0 radical (unpaired) electrons. The first kappa shape index (κ1) is 11.8. The number of hydrogen-bond acceptors (Lipinski definition) is 3. The molecule has 1 heterocycles. The molecule has 0 aromatic carbocycles. The van der Waals surface area contributed by atoms with E-state index in [2.05, 4.69) is 11.1 Å². The number of Topliss-reactive ketones (excluding diaryl/α,β-unsaturated/α-hetero) is 1. The van der Waals surface area contributed by atoms with E-state index in [4.69, 9.17) is 4.74 Å². The van der Waals surface area contributed by atoms with Gasteiger partial charge in [-0.25, -0.2) is 0 Å².